The van der Waals surface area contributed by atoms with Gasteiger partial charge in [-0.15, -0.1) is 0 Å². The van der Waals surface area contributed by atoms with Gasteiger partial charge in [0.05, 0.1) is 4.90 Å². The number of nitrogens with one attached hydrogen (secondary N) is 2. The lowest BCUT2D eigenvalue weighted by molar-refractivity contribution is 0.493. The molecule has 1 saturated carbocycles. The Morgan fingerprint density at radius 3 is 2.26 bits per heavy atom. The van der Waals surface area contributed by atoms with Crippen LogP contribution in [-0.2, 0) is 10.0 Å². The maximum absolute atomic E-state index is 11.6. The van der Waals surface area contributed by atoms with Gasteiger partial charge in [-0.3, -0.25) is 0 Å². The fourth-order valence-corrected chi connectivity index (χ4v) is 3.30. The van der Waals surface area contributed by atoms with Crippen LogP contribution in [0.5, 0.6) is 0 Å². The molecule has 1 aromatic carbocycles. The van der Waals surface area contributed by atoms with E-state index >= 15 is 0 Å². The van der Waals surface area contributed by atoms with Crippen molar-refractivity contribution in [3.05, 3.63) is 24.3 Å². The molecule has 0 aliphatic heterocycles. The van der Waals surface area contributed by atoms with Crippen LogP contribution in [-0.4, -0.2) is 27.5 Å². The van der Waals surface area contributed by atoms with E-state index in [1.165, 1.54) is 19.9 Å². The third kappa shape index (κ3) is 3.08. The molecule has 0 saturated heterocycles. The Morgan fingerprint density at radius 2 is 1.79 bits per heavy atom. The fraction of sp³-hybridized carbons (Fsp3) is 0.538. The van der Waals surface area contributed by atoms with E-state index in [9.17, 15) is 8.42 Å². The Labute approximate surface area is 114 Å². The van der Waals surface area contributed by atoms with Crippen molar-refractivity contribution in [2.45, 2.75) is 36.1 Å². The van der Waals surface area contributed by atoms with Crippen molar-refractivity contribution in [1.82, 2.24) is 4.72 Å². The molecule has 0 amide bonds. The Bertz CT molecular complexity index is 519. The number of benzene rings is 1. The molecule has 6 heteroatoms. The summed E-state index contributed by atoms with van der Waals surface area (Å²) in [6.45, 7) is 0.601. The predicted octanol–water partition coefficient (Wildman–Crippen LogP) is 1.28. The zero-order chi connectivity index (χ0) is 13.9. The molecule has 1 aliphatic carbocycles. The number of rotatable bonds is 5. The third-order valence-corrected chi connectivity index (χ3v) is 5.22. The molecule has 106 valence electrons. The number of hydrogen-bond acceptors (Lipinski definition) is 4. The first kappa shape index (κ1) is 14.3. The molecule has 0 bridgehead atoms. The summed E-state index contributed by atoms with van der Waals surface area (Å²) in [6, 6.07) is 6.79. The maximum atomic E-state index is 11.6. The van der Waals surface area contributed by atoms with Crippen molar-refractivity contribution in [2.24, 2.45) is 5.73 Å². The molecular weight excluding hydrogens is 262 g/mol. The predicted molar refractivity (Wildman–Crippen MR) is 76.6 cm³/mol. The van der Waals surface area contributed by atoms with Crippen LogP contribution in [0.1, 0.15) is 25.7 Å². The molecule has 0 heterocycles. The standard InChI is InChI=1S/C13H21N3O2S/c1-15-19(17,18)12-6-4-11(5-7-12)16-13(10-14)8-2-3-9-13/h4-7,15-16H,2-3,8-10,14H2,1H3. The lowest BCUT2D eigenvalue weighted by atomic mass is 9.97. The summed E-state index contributed by atoms with van der Waals surface area (Å²) >= 11 is 0. The van der Waals surface area contributed by atoms with E-state index in [0.717, 1.165) is 18.5 Å². The molecule has 1 fully saturated rings. The van der Waals surface area contributed by atoms with Crippen LogP contribution < -0.4 is 15.8 Å². The lowest BCUT2D eigenvalue weighted by Crippen LogP contribution is -2.42. The Hall–Kier alpha value is -1.11. The Morgan fingerprint density at radius 1 is 1.21 bits per heavy atom. The second-order valence-electron chi connectivity index (χ2n) is 5.05. The minimum absolute atomic E-state index is 0.0244. The van der Waals surface area contributed by atoms with Crippen molar-refractivity contribution < 1.29 is 8.42 Å². The van der Waals surface area contributed by atoms with Crippen LogP contribution >= 0.6 is 0 Å². The van der Waals surface area contributed by atoms with Gasteiger partial charge in [-0.2, -0.15) is 0 Å². The van der Waals surface area contributed by atoms with E-state index in [1.54, 1.807) is 24.3 Å². The monoisotopic (exact) mass is 283 g/mol. The van der Waals surface area contributed by atoms with Gasteiger partial charge in [0.1, 0.15) is 0 Å². The highest BCUT2D eigenvalue weighted by Crippen LogP contribution is 2.32. The molecule has 0 atom stereocenters. The smallest absolute Gasteiger partial charge is 0.240 e. The molecule has 0 aromatic heterocycles. The van der Waals surface area contributed by atoms with E-state index < -0.39 is 10.0 Å². The van der Waals surface area contributed by atoms with Gasteiger partial charge in [0.15, 0.2) is 0 Å². The summed E-state index contributed by atoms with van der Waals surface area (Å²) < 4.78 is 25.5. The average Bonchev–Trinajstić information content (AvgIpc) is 2.88. The maximum Gasteiger partial charge on any atom is 0.240 e. The number of anilines is 1. The van der Waals surface area contributed by atoms with Crippen LogP contribution in [0, 0.1) is 0 Å². The van der Waals surface area contributed by atoms with Gasteiger partial charge < -0.3 is 11.1 Å². The SMILES string of the molecule is CNS(=O)(=O)c1ccc(NC2(CN)CCCC2)cc1. The molecule has 0 spiro atoms. The second kappa shape index (κ2) is 5.48. The van der Waals surface area contributed by atoms with E-state index in [1.807, 2.05) is 0 Å². The van der Waals surface area contributed by atoms with Gasteiger partial charge >= 0.3 is 0 Å². The van der Waals surface area contributed by atoms with Crippen molar-refractivity contribution >= 4 is 15.7 Å². The molecule has 19 heavy (non-hydrogen) atoms. The van der Waals surface area contributed by atoms with E-state index in [0.29, 0.717) is 6.54 Å². The highest BCUT2D eigenvalue weighted by molar-refractivity contribution is 7.89. The minimum Gasteiger partial charge on any atom is -0.378 e. The summed E-state index contributed by atoms with van der Waals surface area (Å²) in [4.78, 5) is 0.272. The Kier molecular flexibility index (Phi) is 4.13. The molecule has 4 N–H and O–H groups in total. The molecule has 0 unspecified atom stereocenters. The highest BCUT2D eigenvalue weighted by Gasteiger charge is 2.32. The van der Waals surface area contributed by atoms with Crippen LogP contribution in [0.2, 0.25) is 0 Å². The molecular formula is C13H21N3O2S. The highest BCUT2D eigenvalue weighted by atomic mass is 32.2. The van der Waals surface area contributed by atoms with Crippen molar-refractivity contribution in [1.29, 1.82) is 0 Å². The normalized spacial score (nSPS) is 18.4. The zero-order valence-corrected chi connectivity index (χ0v) is 12.0. The van der Waals surface area contributed by atoms with Gasteiger partial charge in [0.25, 0.3) is 0 Å². The summed E-state index contributed by atoms with van der Waals surface area (Å²) in [5, 5.41) is 3.46. The van der Waals surface area contributed by atoms with E-state index in [-0.39, 0.29) is 10.4 Å². The third-order valence-electron chi connectivity index (χ3n) is 3.79. The number of nitrogens with two attached hydrogens (primary N) is 1. The quantitative estimate of drug-likeness (QED) is 0.760. The lowest BCUT2D eigenvalue weighted by Gasteiger charge is -2.30. The first-order valence-corrected chi connectivity index (χ1v) is 8.02. The Balaban J connectivity index is 2.15. The van der Waals surface area contributed by atoms with E-state index in [2.05, 4.69) is 10.0 Å². The summed E-state index contributed by atoms with van der Waals surface area (Å²) in [5.74, 6) is 0. The van der Waals surface area contributed by atoms with Crippen LogP contribution in [0.4, 0.5) is 5.69 Å². The topological polar surface area (TPSA) is 84.2 Å². The number of sulfonamides is 1. The first-order valence-electron chi connectivity index (χ1n) is 6.53. The molecule has 5 nitrogen and oxygen atoms in total. The minimum atomic E-state index is -3.37. The van der Waals surface area contributed by atoms with Crippen LogP contribution in [0.15, 0.2) is 29.2 Å². The van der Waals surface area contributed by atoms with Gasteiger partial charge in [0, 0.05) is 17.8 Å². The average molecular weight is 283 g/mol. The summed E-state index contributed by atoms with van der Waals surface area (Å²) in [7, 11) is -1.96. The van der Waals surface area contributed by atoms with Crippen LogP contribution in [0.3, 0.4) is 0 Å². The summed E-state index contributed by atoms with van der Waals surface area (Å²) in [5.41, 5.74) is 6.76. The zero-order valence-electron chi connectivity index (χ0n) is 11.1. The van der Waals surface area contributed by atoms with Crippen molar-refractivity contribution in [2.75, 3.05) is 18.9 Å². The van der Waals surface area contributed by atoms with Crippen molar-refractivity contribution in [3.8, 4) is 0 Å². The van der Waals surface area contributed by atoms with Gasteiger partial charge in [-0.05, 0) is 44.2 Å². The fourth-order valence-electron chi connectivity index (χ4n) is 2.57. The van der Waals surface area contributed by atoms with Gasteiger partial charge in [-0.1, -0.05) is 12.8 Å². The number of hydrogen-bond donors (Lipinski definition) is 3. The van der Waals surface area contributed by atoms with Gasteiger partial charge in [0.2, 0.25) is 10.0 Å². The molecule has 1 aromatic rings. The van der Waals surface area contributed by atoms with Crippen LogP contribution in [0.25, 0.3) is 0 Å². The molecule has 0 radical (unpaired) electrons. The first-order chi connectivity index (χ1) is 9.01. The molecule has 1 aliphatic rings. The van der Waals surface area contributed by atoms with E-state index in [4.69, 9.17) is 5.73 Å². The molecule has 2 rings (SSSR count). The second-order valence-corrected chi connectivity index (χ2v) is 6.94. The van der Waals surface area contributed by atoms with Crippen molar-refractivity contribution in [3.63, 3.8) is 0 Å². The van der Waals surface area contributed by atoms with Gasteiger partial charge in [-0.25, -0.2) is 13.1 Å². The summed E-state index contributed by atoms with van der Waals surface area (Å²) in [6.07, 6.45) is 4.52. The largest absolute Gasteiger partial charge is 0.378 e.